The first kappa shape index (κ1) is 25.1. The molecule has 1 aromatic rings. The molecule has 28 heavy (non-hydrogen) atoms. The van der Waals surface area contributed by atoms with Gasteiger partial charge in [0.2, 0.25) is 4.87 Å². The van der Waals surface area contributed by atoms with E-state index in [0.717, 1.165) is 19.4 Å². The average molecular weight is 413 g/mol. The van der Waals surface area contributed by atoms with Gasteiger partial charge in [0.05, 0.1) is 20.6 Å². The van der Waals surface area contributed by atoms with Gasteiger partial charge in [-0.05, 0) is 12.8 Å². The summed E-state index contributed by atoms with van der Waals surface area (Å²) < 4.78 is 35.6. The maximum absolute atomic E-state index is 12.6. The Hall–Kier alpha value is -0.910. The summed E-state index contributed by atoms with van der Waals surface area (Å²) in [6.07, 6.45) is 12.8. The fraction of sp³-hybridized carbons (Fsp3) is 0.739. The Morgan fingerprint density at radius 2 is 1.29 bits per heavy atom. The van der Waals surface area contributed by atoms with Crippen LogP contribution in [0.3, 0.4) is 0 Å². The summed E-state index contributed by atoms with van der Waals surface area (Å²) in [6, 6.07) is 9.18. The Morgan fingerprint density at radius 1 is 0.821 bits per heavy atom. The van der Waals surface area contributed by atoms with E-state index in [2.05, 4.69) is 6.92 Å². The molecule has 0 spiro atoms. The van der Waals surface area contributed by atoms with Crippen LogP contribution < -0.4 is 0 Å². The minimum Gasteiger partial charge on any atom is -0.305 e. The highest BCUT2D eigenvalue weighted by atomic mass is 32.2. The number of hydrogen-bond acceptors (Lipinski definition) is 2. The molecule has 0 bridgehead atoms. The van der Waals surface area contributed by atoms with Crippen LogP contribution in [0, 0.1) is 0 Å². The highest BCUT2D eigenvalue weighted by Crippen LogP contribution is 2.41. The second-order valence-electron chi connectivity index (χ2n) is 8.57. The van der Waals surface area contributed by atoms with Gasteiger partial charge in [-0.15, -0.1) is 0 Å². The lowest BCUT2D eigenvalue weighted by Gasteiger charge is -2.46. The number of unbranched alkanes of at least 4 members (excludes halogenated alkanes) is 9. The highest BCUT2D eigenvalue weighted by molar-refractivity contribution is 7.86. The fourth-order valence-electron chi connectivity index (χ4n) is 4.50. The highest BCUT2D eigenvalue weighted by Gasteiger charge is 2.56. The monoisotopic (exact) mass is 412 g/mol. The zero-order chi connectivity index (χ0) is 21.1. The van der Waals surface area contributed by atoms with Crippen molar-refractivity contribution < 1.29 is 17.5 Å². The Morgan fingerprint density at radius 3 is 1.71 bits per heavy atom. The van der Waals surface area contributed by atoms with Crippen LogP contribution in [0.25, 0.3) is 0 Å². The van der Waals surface area contributed by atoms with E-state index in [1.807, 2.05) is 51.4 Å². The molecule has 0 saturated carbocycles. The molecule has 1 atom stereocenters. The molecule has 0 aromatic heterocycles. The van der Waals surface area contributed by atoms with Crippen molar-refractivity contribution in [2.45, 2.75) is 89.3 Å². The predicted octanol–water partition coefficient (Wildman–Crippen LogP) is 6.13. The summed E-state index contributed by atoms with van der Waals surface area (Å²) in [6.45, 7) is 4.81. The third kappa shape index (κ3) is 6.57. The molecular formula is C23H42NO3S+. The molecule has 0 saturated heterocycles. The van der Waals surface area contributed by atoms with Crippen LogP contribution in [-0.4, -0.2) is 38.1 Å². The number of benzene rings is 1. The van der Waals surface area contributed by atoms with E-state index in [9.17, 15) is 13.0 Å². The third-order valence-electron chi connectivity index (χ3n) is 6.18. The average Bonchev–Trinajstić information content (AvgIpc) is 2.63. The van der Waals surface area contributed by atoms with Crippen molar-refractivity contribution in [3.63, 3.8) is 0 Å². The van der Waals surface area contributed by atoms with Crippen LogP contribution in [0.5, 0.6) is 0 Å². The van der Waals surface area contributed by atoms with E-state index in [-0.39, 0.29) is 4.48 Å². The largest absolute Gasteiger partial charge is 0.326 e. The van der Waals surface area contributed by atoms with Gasteiger partial charge in [0.15, 0.2) is 0 Å². The smallest absolute Gasteiger partial charge is 0.305 e. The summed E-state index contributed by atoms with van der Waals surface area (Å²) in [4.78, 5) is -1.33. The zero-order valence-electron chi connectivity index (χ0n) is 18.5. The standard InChI is InChI=1S/C23H41NO3S/c1-5-7-8-9-10-11-12-13-14-18-21-24(3,4)23(6-2,28(25,26)27)22-19-16-15-17-20-22/h15-17,19-20H,5-14,18,21H2,1-4H3/p+1. The maximum Gasteiger partial charge on any atom is 0.326 e. The number of nitrogens with zero attached hydrogens (tertiary/aromatic N) is 1. The Balaban J connectivity index is 2.62. The van der Waals surface area contributed by atoms with Gasteiger partial charge in [-0.2, -0.15) is 8.42 Å². The molecule has 0 amide bonds. The molecule has 0 aliphatic rings. The van der Waals surface area contributed by atoms with Crippen molar-refractivity contribution >= 4 is 10.1 Å². The van der Waals surface area contributed by atoms with Crippen LogP contribution in [0.2, 0.25) is 0 Å². The Labute approximate surface area is 173 Å². The first-order valence-corrected chi connectivity index (χ1v) is 12.5. The SMILES string of the molecule is CCCCCCCCCCCC[N+](C)(C)C(CC)(c1ccccc1)S(=O)(=O)O. The summed E-state index contributed by atoms with van der Waals surface area (Å²) in [5.41, 5.74) is 0.664. The Bertz CT molecular complexity index is 643. The van der Waals surface area contributed by atoms with Gasteiger partial charge in [-0.3, -0.25) is 4.55 Å². The third-order valence-corrected chi connectivity index (χ3v) is 8.05. The van der Waals surface area contributed by atoms with E-state index in [1.165, 1.54) is 51.4 Å². The molecule has 1 N–H and O–H groups in total. The van der Waals surface area contributed by atoms with Gasteiger partial charge in [0.25, 0.3) is 0 Å². The Kier molecular flexibility index (Phi) is 10.7. The molecule has 0 fully saturated rings. The molecule has 0 aliphatic carbocycles. The van der Waals surface area contributed by atoms with Crippen LogP contribution in [-0.2, 0) is 15.0 Å². The summed E-state index contributed by atoms with van der Waals surface area (Å²) >= 11 is 0. The van der Waals surface area contributed by atoms with Gasteiger partial charge >= 0.3 is 10.1 Å². The van der Waals surface area contributed by atoms with Crippen LogP contribution in [0.4, 0.5) is 0 Å². The second-order valence-corrected chi connectivity index (χ2v) is 10.2. The van der Waals surface area contributed by atoms with E-state index >= 15 is 0 Å². The van der Waals surface area contributed by atoms with Gasteiger partial charge in [-0.1, -0.05) is 95.5 Å². The summed E-state index contributed by atoms with van der Waals surface area (Å²) in [5, 5.41) is 0. The topological polar surface area (TPSA) is 54.4 Å². The first-order valence-electron chi connectivity index (χ1n) is 11.1. The van der Waals surface area contributed by atoms with Crippen LogP contribution in [0.15, 0.2) is 30.3 Å². The molecule has 1 unspecified atom stereocenters. The number of quaternary nitrogens is 1. The second kappa shape index (κ2) is 11.9. The molecule has 0 aliphatic heterocycles. The fourth-order valence-corrected chi connectivity index (χ4v) is 6.01. The van der Waals surface area contributed by atoms with Crippen LogP contribution >= 0.6 is 0 Å². The van der Waals surface area contributed by atoms with Gasteiger partial charge in [0, 0.05) is 12.0 Å². The zero-order valence-corrected chi connectivity index (χ0v) is 19.3. The maximum atomic E-state index is 12.6. The van der Waals surface area contributed by atoms with E-state index in [0.29, 0.717) is 12.0 Å². The predicted molar refractivity (Wildman–Crippen MR) is 119 cm³/mol. The molecule has 0 heterocycles. The van der Waals surface area contributed by atoms with Crippen molar-refractivity contribution in [3.8, 4) is 0 Å². The molecular weight excluding hydrogens is 370 g/mol. The molecule has 4 nitrogen and oxygen atoms in total. The minimum atomic E-state index is -4.28. The van der Waals surface area contributed by atoms with Crippen molar-refractivity contribution in [2.75, 3.05) is 20.6 Å². The number of rotatable bonds is 15. The lowest BCUT2D eigenvalue weighted by Crippen LogP contribution is -2.61. The van der Waals surface area contributed by atoms with Crippen molar-refractivity contribution in [2.24, 2.45) is 0 Å². The van der Waals surface area contributed by atoms with Crippen molar-refractivity contribution in [1.29, 1.82) is 0 Å². The molecule has 1 rings (SSSR count). The number of hydrogen-bond donors (Lipinski definition) is 1. The van der Waals surface area contributed by atoms with Gasteiger partial charge in [0.1, 0.15) is 0 Å². The lowest BCUT2D eigenvalue weighted by atomic mass is 9.99. The van der Waals surface area contributed by atoms with Crippen LogP contribution in [0.1, 0.15) is 90.0 Å². The lowest BCUT2D eigenvalue weighted by molar-refractivity contribution is -0.934. The molecule has 5 heteroatoms. The van der Waals surface area contributed by atoms with Gasteiger partial charge in [-0.25, -0.2) is 0 Å². The molecule has 1 aromatic carbocycles. The minimum absolute atomic E-state index is 0.239. The summed E-state index contributed by atoms with van der Waals surface area (Å²) in [7, 11) is -0.420. The van der Waals surface area contributed by atoms with E-state index < -0.39 is 15.0 Å². The van der Waals surface area contributed by atoms with E-state index in [4.69, 9.17) is 0 Å². The first-order chi connectivity index (χ1) is 13.2. The summed E-state index contributed by atoms with van der Waals surface area (Å²) in [5.74, 6) is 0. The molecule has 162 valence electrons. The quantitative estimate of drug-likeness (QED) is 0.214. The van der Waals surface area contributed by atoms with Crippen molar-refractivity contribution in [3.05, 3.63) is 35.9 Å². The van der Waals surface area contributed by atoms with Gasteiger partial charge < -0.3 is 4.48 Å². The van der Waals surface area contributed by atoms with E-state index in [1.54, 1.807) is 0 Å². The van der Waals surface area contributed by atoms with Crippen molar-refractivity contribution in [1.82, 2.24) is 0 Å². The normalized spacial score (nSPS) is 14.8. The molecule has 0 radical (unpaired) electrons.